The number of amides is 2. The van der Waals surface area contributed by atoms with Gasteiger partial charge in [-0.2, -0.15) is 0 Å². The van der Waals surface area contributed by atoms with Crippen LogP contribution in [0.2, 0.25) is 0 Å². The third kappa shape index (κ3) is 3.96. The lowest BCUT2D eigenvalue weighted by Gasteiger charge is -2.15. The summed E-state index contributed by atoms with van der Waals surface area (Å²) in [6.45, 7) is 2.10. The zero-order valence-corrected chi connectivity index (χ0v) is 13.6. The SMILES string of the molecule is O=C(NCCCN1CCCC1=O)c1cccc(-c2cccs2)n1. The summed E-state index contributed by atoms with van der Waals surface area (Å²) < 4.78 is 0. The minimum Gasteiger partial charge on any atom is -0.351 e. The average molecular weight is 329 g/mol. The summed E-state index contributed by atoms with van der Waals surface area (Å²) >= 11 is 1.60. The molecule has 2 aromatic rings. The van der Waals surface area contributed by atoms with Gasteiger partial charge < -0.3 is 10.2 Å². The first kappa shape index (κ1) is 15.7. The molecule has 0 spiro atoms. The number of hydrogen-bond donors (Lipinski definition) is 1. The highest BCUT2D eigenvalue weighted by atomic mass is 32.1. The molecule has 120 valence electrons. The first-order valence-corrected chi connectivity index (χ1v) is 8.69. The molecule has 3 rings (SSSR count). The molecule has 0 aliphatic carbocycles. The van der Waals surface area contributed by atoms with Crippen LogP contribution in [0.4, 0.5) is 0 Å². The van der Waals surface area contributed by atoms with Gasteiger partial charge in [-0.15, -0.1) is 11.3 Å². The minimum atomic E-state index is -0.170. The van der Waals surface area contributed by atoms with Crippen LogP contribution >= 0.6 is 11.3 Å². The van der Waals surface area contributed by atoms with E-state index in [9.17, 15) is 9.59 Å². The number of pyridine rings is 1. The van der Waals surface area contributed by atoms with Crippen LogP contribution in [0.25, 0.3) is 10.6 Å². The van der Waals surface area contributed by atoms with E-state index in [0.717, 1.165) is 30.0 Å². The topological polar surface area (TPSA) is 62.3 Å². The highest BCUT2D eigenvalue weighted by Gasteiger charge is 2.19. The number of hydrogen-bond acceptors (Lipinski definition) is 4. The monoisotopic (exact) mass is 329 g/mol. The number of carbonyl (C=O) groups excluding carboxylic acids is 2. The molecule has 0 atom stereocenters. The van der Waals surface area contributed by atoms with Gasteiger partial charge in [0.1, 0.15) is 5.69 Å². The Morgan fingerprint density at radius 3 is 2.96 bits per heavy atom. The molecule has 3 heterocycles. The van der Waals surface area contributed by atoms with Crippen molar-refractivity contribution in [1.82, 2.24) is 15.2 Å². The van der Waals surface area contributed by atoms with Gasteiger partial charge in [0.15, 0.2) is 0 Å². The second-order valence-electron chi connectivity index (χ2n) is 5.48. The van der Waals surface area contributed by atoms with Crippen molar-refractivity contribution in [2.75, 3.05) is 19.6 Å². The van der Waals surface area contributed by atoms with Gasteiger partial charge >= 0.3 is 0 Å². The van der Waals surface area contributed by atoms with E-state index in [-0.39, 0.29) is 11.8 Å². The lowest BCUT2D eigenvalue weighted by atomic mass is 10.2. The zero-order valence-electron chi connectivity index (χ0n) is 12.8. The van der Waals surface area contributed by atoms with Crippen LogP contribution < -0.4 is 5.32 Å². The largest absolute Gasteiger partial charge is 0.351 e. The van der Waals surface area contributed by atoms with Crippen LogP contribution in [0.5, 0.6) is 0 Å². The Balaban J connectivity index is 1.50. The average Bonchev–Trinajstić information content (AvgIpc) is 3.23. The van der Waals surface area contributed by atoms with Crippen molar-refractivity contribution in [3.05, 3.63) is 41.4 Å². The van der Waals surface area contributed by atoms with Gasteiger partial charge in [0, 0.05) is 26.1 Å². The van der Waals surface area contributed by atoms with Crippen molar-refractivity contribution < 1.29 is 9.59 Å². The first-order chi connectivity index (χ1) is 11.2. The Labute approximate surface area is 139 Å². The lowest BCUT2D eigenvalue weighted by molar-refractivity contribution is -0.127. The van der Waals surface area contributed by atoms with Gasteiger partial charge in [0.25, 0.3) is 5.91 Å². The number of likely N-dealkylation sites (tertiary alicyclic amines) is 1. The fourth-order valence-electron chi connectivity index (χ4n) is 2.63. The molecule has 1 aliphatic rings. The van der Waals surface area contributed by atoms with Gasteiger partial charge in [-0.3, -0.25) is 9.59 Å². The molecular weight excluding hydrogens is 310 g/mol. The summed E-state index contributed by atoms with van der Waals surface area (Å²) in [5.74, 6) is 0.0535. The van der Waals surface area contributed by atoms with Crippen molar-refractivity contribution in [2.45, 2.75) is 19.3 Å². The minimum absolute atomic E-state index is 0.170. The molecule has 1 N–H and O–H groups in total. The molecule has 2 amide bonds. The highest BCUT2D eigenvalue weighted by molar-refractivity contribution is 7.13. The summed E-state index contributed by atoms with van der Waals surface area (Å²) in [5.41, 5.74) is 1.24. The summed E-state index contributed by atoms with van der Waals surface area (Å²) in [4.78, 5) is 31.0. The van der Waals surface area contributed by atoms with E-state index in [0.29, 0.717) is 25.2 Å². The Hall–Kier alpha value is -2.21. The molecule has 0 unspecified atom stereocenters. The van der Waals surface area contributed by atoms with Crippen molar-refractivity contribution >= 4 is 23.2 Å². The normalized spacial score (nSPS) is 14.3. The zero-order chi connectivity index (χ0) is 16.1. The van der Waals surface area contributed by atoms with Crippen LogP contribution in [0.1, 0.15) is 29.8 Å². The quantitative estimate of drug-likeness (QED) is 0.829. The van der Waals surface area contributed by atoms with Crippen molar-refractivity contribution in [3.8, 4) is 10.6 Å². The number of carbonyl (C=O) groups is 2. The number of thiophene rings is 1. The summed E-state index contributed by atoms with van der Waals surface area (Å²) in [5, 5.41) is 4.86. The molecule has 0 saturated carbocycles. The number of aromatic nitrogens is 1. The summed E-state index contributed by atoms with van der Waals surface area (Å²) in [7, 11) is 0. The molecule has 0 radical (unpaired) electrons. The molecule has 1 saturated heterocycles. The Morgan fingerprint density at radius 2 is 2.22 bits per heavy atom. The summed E-state index contributed by atoms with van der Waals surface area (Å²) in [6, 6.07) is 9.42. The second kappa shape index (κ2) is 7.37. The van der Waals surface area contributed by atoms with E-state index >= 15 is 0 Å². The van der Waals surface area contributed by atoms with Crippen molar-refractivity contribution in [3.63, 3.8) is 0 Å². The molecule has 2 aromatic heterocycles. The lowest BCUT2D eigenvalue weighted by Crippen LogP contribution is -2.31. The van der Waals surface area contributed by atoms with Gasteiger partial charge in [0.2, 0.25) is 5.91 Å². The van der Waals surface area contributed by atoms with E-state index in [1.807, 2.05) is 34.5 Å². The fourth-order valence-corrected chi connectivity index (χ4v) is 3.32. The Bertz CT molecular complexity index is 685. The maximum atomic E-state index is 12.2. The maximum absolute atomic E-state index is 12.2. The van der Waals surface area contributed by atoms with E-state index < -0.39 is 0 Å². The molecular formula is C17H19N3O2S. The predicted molar refractivity (Wildman–Crippen MR) is 90.3 cm³/mol. The van der Waals surface area contributed by atoms with E-state index in [4.69, 9.17) is 0 Å². The Morgan fingerprint density at radius 1 is 1.30 bits per heavy atom. The van der Waals surface area contributed by atoms with Gasteiger partial charge in [0.05, 0.1) is 10.6 Å². The second-order valence-corrected chi connectivity index (χ2v) is 6.43. The van der Waals surface area contributed by atoms with Crippen LogP contribution in [0.3, 0.4) is 0 Å². The van der Waals surface area contributed by atoms with Gasteiger partial charge in [-0.05, 0) is 36.4 Å². The molecule has 23 heavy (non-hydrogen) atoms. The standard InChI is InChI=1S/C17H19N3O2S/c21-16-8-2-10-20(16)11-4-9-18-17(22)14-6-1-5-13(19-14)15-7-3-12-23-15/h1,3,5-7,12H,2,4,8-11H2,(H,18,22). The van der Waals surface area contributed by atoms with E-state index in [1.54, 1.807) is 17.4 Å². The number of nitrogens with zero attached hydrogens (tertiary/aromatic N) is 2. The van der Waals surface area contributed by atoms with Crippen LogP contribution in [-0.2, 0) is 4.79 Å². The smallest absolute Gasteiger partial charge is 0.269 e. The van der Waals surface area contributed by atoms with E-state index in [2.05, 4.69) is 10.3 Å². The third-order valence-electron chi connectivity index (χ3n) is 3.82. The third-order valence-corrected chi connectivity index (χ3v) is 4.71. The van der Waals surface area contributed by atoms with Crippen LogP contribution in [0.15, 0.2) is 35.7 Å². The van der Waals surface area contributed by atoms with Crippen molar-refractivity contribution in [2.24, 2.45) is 0 Å². The molecule has 1 fully saturated rings. The van der Waals surface area contributed by atoms with E-state index in [1.165, 1.54) is 0 Å². The molecule has 6 heteroatoms. The first-order valence-electron chi connectivity index (χ1n) is 7.81. The molecule has 5 nitrogen and oxygen atoms in total. The maximum Gasteiger partial charge on any atom is 0.269 e. The molecule has 0 aromatic carbocycles. The van der Waals surface area contributed by atoms with Crippen LogP contribution in [0, 0.1) is 0 Å². The summed E-state index contributed by atoms with van der Waals surface area (Å²) in [6.07, 6.45) is 2.37. The highest BCUT2D eigenvalue weighted by Crippen LogP contribution is 2.22. The Kier molecular flexibility index (Phi) is 5.02. The van der Waals surface area contributed by atoms with Gasteiger partial charge in [-0.25, -0.2) is 4.98 Å². The number of rotatable bonds is 6. The molecule has 0 bridgehead atoms. The fraction of sp³-hybridized carbons (Fsp3) is 0.353. The predicted octanol–water partition coefficient (Wildman–Crippen LogP) is 2.55. The van der Waals surface area contributed by atoms with Gasteiger partial charge in [-0.1, -0.05) is 12.1 Å². The van der Waals surface area contributed by atoms with Crippen LogP contribution in [-0.4, -0.2) is 41.3 Å². The number of nitrogens with one attached hydrogen (secondary N) is 1. The molecule has 1 aliphatic heterocycles. The van der Waals surface area contributed by atoms with Crippen molar-refractivity contribution in [1.29, 1.82) is 0 Å².